The highest BCUT2D eigenvalue weighted by atomic mass is 17.2. The van der Waals surface area contributed by atoms with Gasteiger partial charge in [-0.3, -0.25) is 4.79 Å². The lowest BCUT2D eigenvalue weighted by Crippen LogP contribution is -2.26. The summed E-state index contributed by atoms with van der Waals surface area (Å²) in [6.45, 7) is 5.08. The van der Waals surface area contributed by atoms with Gasteiger partial charge in [0.05, 0.1) is 11.0 Å². The summed E-state index contributed by atoms with van der Waals surface area (Å²) >= 11 is 0. The lowest BCUT2D eigenvalue weighted by molar-refractivity contribution is -0.187. The normalized spacial score (nSPS) is 10.7. The Balaban J connectivity index is 2.07. The van der Waals surface area contributed by atoms with Crippen LogP contribution in [0.2, 0.25) is 0 Å². The summed E-state index contributed by atoms with van der Waals surface area (Å²) in [5, 5.41) is 0. The molecule has 0 fully saturated rings. The number of benzene rings is 2. The van der Waals surface area contributed by atoms with Crippen molar-refractivity contribution in [3.63, 3.8) is 0 Å². The van der Waals surface area contributed by atoms with E-state index in [9.17, 15) is 14.4 Å². The van der Waals surface area contributed by atoms with E-state index in [2.05, 4.69) is 9.78 Å². The van der Waals surface area contributed by atoms with Gasteiger partial charge in [0, 0.05) is 0 Å². The van der Waals surface area contributed by atoms with Gasteiger partial charge < -0.3 is 4.74 Å². The number of hydrogen-bond acceptors (Lipinski definition) is 6. The Morgan fingerprint density at radius 2 is 1.32 bits per heavy atom. The van der Waals surface area contributed by atoms with E-state index in [4.69, 9.17) is 4.74 Å². The van der Waals surface area contributed by atoms with Gasteiger partial charge in [-0.1, -0.05) is 30.3 Å². The van der Waals surface area contributed by atoms with Gasteiger partial charge in [-0.25, -0.2) is 19.4 Å². The number of esters is 1. The fraction of sp³-hybridized carbons (Fsp3) is 0.211. The summed E-state index contributed by atoms with van der Waals surface area (Å²) in [5.41, 5.74) is -0.528. The zero-order valence-electron chi connectivity index (χ0n) is 14.1. The summed E-state index contributed by atoms with van der Waals surface area (Å²) in [6, 6.07) is 14.1. The minimum atomic E-state index is -0.943. The second-order valence-corrected chi connectivity index (χ2v) is 6.24. The number of para-hydroxylation sites is 1. The van der Waals surface area contributed by atoms with Crippen LogP contribution in [0.5, 0.6) is 5.75 Å². The van der Waals surface area contributed by atoms with Crippen LogP contribution in [-0.2, 0) is 14.6 Å². The van der Waals surface area contributed by atoms with E-state index in [0.29, 0.717) is 0 Å². The van der Waals surface area contributed by atoms with Crippen LogP contribution in [0, 0.1) is 5.41 Å². The van der Waals surface area contributed by atoms with Crippen LogP contribution in [0.15, 0.2) is 54.6 Å². The minimum absolute atomic E-state index is 0.0269. The molecule has 2 aromatic rings. The van der Waals surface area contributed by atoms with Crippen molar-refractivity contribution in [3.05, 3.63) is 65.7 Å². The van der Waals surface area contributed by atoms with Gasteiger partial charge in [0.25, 0.3) is 0 Å². The van der Waals surface area contributed by atoms with E-state index in [0.717, 1.165) is 0 Å². The highest BCUT2D eigenvalue weighted by molar-refractivity contribution is 5.95. The second-order valence-electron chi connectivity index (χ2n) is 6.24. The van der Waals surface area contributed by atoms with E-state index in [1.54, 1.807) is 51.1 Å². The maximum atomic E-state index is 12.1. The lowest BCUT2D eigenvalue weighted by Gasteiger charge is -2.17. The summed E-state index contributed by atoms with van der Waals surface area (Å²) in [7, 11) is 0. The summed E-state index contributed by atoms with van der Waals surface area (Å²) in [6.07, 6.45) is 0. The van der Waals surface area contributed by atoms with Gasteiger partial charge in [0.1, 0.15) is 11.3 Å². The summed E-state index contributed by atoms with van der Waals surface area (Å²) < 4.78 is 5.24. The quantitative estimate of drug-likeness (QED) is 0.367. The van der Waals surface area contributed by atoms with Crippen molar-refractivity contribution in [1.82, 2.24) is 0 Å². The average Bonchev–Trinajstić information content (AvgIpc) is 2.59. The molecular formula is C19H18O6. The molecule has 0 aromatic heterocycles. The maximum absolute atomic E-state index is 12.1. The molecule has 0 N–H and O–H groups in total. The largest absolute Gasteiger partial charge is 0.425 e. The number of carbonyl (C=O) groups excluding carboxylic acids is 3. The van der Waals surface area contributed by atoms with Gasteiger partial charge in [0.2, 0.25) is 0 Å². The first-order chi connectivity index (χ1) is 11.8. The smallest absolute Gasteiger partial charge is 0.390 e. The second kappa shape index (κ2) is 7.61. The van der Waals surface area contributed by atoms with Crippen LogP contribution >= 0.6 is 0 Å². The molecule has 0 saturated heterocycles. The van der Waals surface area contributed by atoms with Crippen molar-refractivity contribution in [2.24, 2.45) is 5.41 Å². The first-order valence-corrected chi connectivity index (χ1v) is 7.58. The third-order valence-electron chi connectivity index (χ3n) is 3.12. The lowest BCUT2D eigenvalue weighted by atomic mass is 9.97. The Labute approximate surface area is 145 Å². The fourth-order valence-electron chi connectivity index (χ4n) is 1.72. The molecule has 2 rings (SSSR count). The Kier molecular flexibility index (Phi) is 5.54. The first-order valence-electron chi connectivity index (χ1n) is 7.58. The molecule has 0 aliphatic rings. The SMILES string of the molecule is CC(C)(C)C(=O)Oc1ccccc1C(=O)OOC(=O)c1ccccc1. The van der Waals surface area contributed by atoms with E-state index in [1.165, 1.54) is 24.3 Å². The Bertz CT molecular complexity index is 774. The van der Waals surface area contributed by atoms with Crippen LogP contribution in [0.4, 0.5) is 0 Å². The molecule has 0 aliphatic heterocycles. The van der Waals surface area contributed by atoms with Crippen LogP contribution < -0.4 is 4.74 Å². The zero-order valence-corrected chi connectivity index (χ0v) is 14.1. The molecule has 0 spiro atoms. The Hall–Kier alpha value is -3.15. The monoisotopic (exact) mass is 342 g/mol. The van der Waals surface area contributed by atoms with Crippen LogP contribution in [-0.4, -0.2) is 17.9 Å². The molecule has 130 valence electrons. The van der Waals surface area contributed by atoms with Crippen molar-refractivity contribution < 1.29 is 28.9 Å². The van der Waals surface area contributed by atoms with E-state index in [-0.39, 0.29) is 16.9 Å². The minimum Gasteiger partial charge on any atom is -0.425 e. The van der Waals surface area contributed by atoms with Gasteiger partial charge in [-0.15, -0.1) is 0 Å². The summed E-state index contributed by atoms with van der Waals surface area (Å²) in [5.74, 6) is -2.23. The summed E-state index contributed by atoms with van der Waals surface area (Å²) in [4.78, 5) is 45.0. The fourth-order valence-corrected chi connectivity index (χ4v) is 1.72. The number of ether oxygens (including phenoxy) is 1. The average molecular weight is 342 g/mol. The topological polar surface area (TPSA) is 78.9 Å². The molecule has 0 amide bonds. The Morgan fingerprint density at radius 1 is 0.760 bits per heavy atom. The molecule has 6 nitrogen and oxygen atoms in total. The van der Waals surface area contributed by atoms with Crippen molar-refractivity contribution >= 4 is 17.9 Å². The highest BCUT2D eigenvalue weighted by Gasteiger charge is 2.26. The van der Waals surface area contributed by atoms with Crippen molar-refractivity contribution in [2.75, 3.05) is 0 Å². The molecule has 0 heterocycles. The Morgan fingerprint density at radius 3 is 1.96 bits per heavy atom. The number of rotatable bonds is 3. The third-order valence-corrected chi connectivity index (χ3v) is 3.12. The van der Waals surface area contributed by atoms with Crippen molar-refractivity contribution in [2.45, 2.75) is 20.8 Å². The molecule has 0 unspecified atom stereocenters. The van der Waals surface area contributed by atoms with Gasteiger partial charge >= 0.3 is 17.9 Å². The van der Waals surface area contributed by atoms with Gasteiger partial charge in [0.15, 0.2) is 0 Å². The zero-order chi connectivity index (χ0) is 18.4. The molecule has 6 heteroatoms. The van der Waals surface area contributed by atoms with Crippen molar-refractivity contribution in [1.29, 1.82) is 0 Å². The standard InChI is InChI=1S/C19H18O6/c1-19(2,3)18(22)23-15-12-8-7-11-14(15)17(21)25-24-16(20)13-9-5-4-6-10-13/h4-12H,1-3H3. The van der Waals surface area contributed by atoms with Crippen LogP contribution in [0.3, 0.4) is 0 Å². The van der Waals surface area contributed by atoms with Gasteiger partial charge in [-0.2, -0.15) is 0 Å². The van der Waals surface area contributed by atoms with Crippen LogP contribution in [0.25, 0.3) is 0 Å². The predicted octanol–water partition coefficient (Wildman–Crippen LogP) is 3.57. The highest BCUT2D eigenvalue weighted by Crippen LogP contribution is 2.23. The molecule has 0 radical (unpaired) electrons. The van der Waals surface area contributed by atoms with E-state index in [1.807, 2.05) is 0 Å². The molecular weight excluding hydrogens is 324 g/mol. The first kappa shape index (κ1) is 18.2. The molecule has 0 saturated carbocycles. The maximum Gasteiger partial charge on any atom is 0.390 e. The van der Waals surface area contributed by atoms with Crippen molar-refractivity contribution in [3.8, 4) is 5.75 Å². The predicted molar refractivity (Wildman–Crippen MR) is 88.8 cm³/mol. The number of carbonyl (C=O) groups is 3. The molecule has 0 atom stereocenters. The molecule has 0 bridgehead atoms. The molecule has 25 heavy (non-hydrogen) atoms. The van der Waals surface area contributed by atoms with E-state index >= 15 is 0 Å². The molecule has 2 aromatic carbocycles. The molecule has 0 aliphatic carbocycles. The number of hydrogen-bond donors (Lipinski definition) is 0. The van der Waals surface area contributed by atoms with E-state index < -0.39 is 23.3 Å². The van der Waals surface area contributed by atoms with Gasteiger partial charge in [-0.05, 0) is 45.0 Å². The van der Waals surface area contributed by atoms with Crippen LogP contribution in [0.1, 0.15) is 41.5 Å². The third kappa shape index (κ3) is 4.91.